The molecule has 5 atom stereocenters. The molecule has 6 rings (SSSR count). The molecule has 0 N–H and O–H groups in total. The molecule has 0 unspecified atom stereocenters. The summed E-state index contributed by atoms with van der Waals surface area (Å²) in [6.45, 7) is 7.15. The first-order chi connectivity index (χ1) is 21.4. The van der Waals surface area contributed by atoms with E-state index in [-0.39, 0.29) is 23.5 Å². The van der Waals surface area contributed by atoms with Gasteiger partial charge < -0.3 is 0 Å². The Balaban J connectivity index is 1.40. The van der Waals surface area contributed by atoms with Gasteiger partial charge in [0.15, 0.2) is 0 Å². The third kappa shape index (κ3) is 6.20. The molecule has 1 fully saturated rings. The Labute approximate surface area is 270 Å². The molecule has 5 heteroatoms. The van der Waals surface area contributed by atoms with Crippen LogP contribution in [0.5, 0.6) is 5.75 Å². The molecule has 0 saturated heterocycles. The number of hydrazone groups is 1. The second-order valence-corrected chi connectivity index (χ2v) is 13.4. The van der Waals surface area contributed by atoms with Gasteiger partial charge in [-0.2, -0.15) is 0 Å². The number of ether oxygens (including phenoxy) is 2. The molecule has 0 bridgehead atoms. The van der Waals surface area contributed by atoms with Crippen LogP contribution in [-0.4, -0.2) is 29.5 Å². The van der Waals surface area contributed by atoms with Gasteiger partial charge in [0.25, 0.3) is 0 Å². The molecule has 0 radical (unpaired) electrons. The van der Waals surface area contributed by atoms with Gasteiger partial charge >= 0.3 is 272 Å². The molecule has 44 heavy (non-hydrogen) atoms. The number of rotatable bonds is 9. The van der Waals surface area contributed by atoms with Crippen molar-refractivity contribution >= 4 is 16.0 Å². The van der Waals surface area contributed by atoms with E-state index in [9.17, 15) is 0 Å². The first-order valence-electron chi connectivity index (χ1n) is 15.7. The first-order valence-corrected chi connectivity index (χ1v) is 16.4. The van der Waals surface area contributed by atoms with Gasteiger partial charge in [-0.3, -0.25) is 0 Å². The van der Waals surface area contributed by atoms with Crippen molar-refractivity contribution in [1.82, 2.24) is 0 Å². The number of hydrogen-bond donors (Lipinski definition) is 0. The fraction of sp³-hybridized carbons (Fsp3) is 0.333. The SMILES string of the molecule is COc1ccc(C2=NN(c3ccccc3)[C@H]([C](=[Cr])O[C@@H]3C[C@H](C)CC[C@H]3C(C)(C)c3ccccc3)[C@H]2c2ccccc2)cc1. The van der Waals surface area contributed by atoms with Gasteiger partial charge in [0.2, 0.25) is 0 Å². The van der Waals surface area contributed by atoms with Gasteiger partial charge in [0, 0.05) is 0 Å². The molecule has 4 aromatic carbocycles. The molecule has 0 spiro atoms. The number of nitrogens with zero attached hydrogens (tertiary/aromatic N) is 2. The van der Waals surface area contributed by atoms with E-state index in [0.29, 0.717) is 11.8 Å². The van der Waals surface area contributed by atoms with Crippen LogP contribution in [0.3, 0.4) is 0 Å². The van der Waals surface area contributed by atoms with Crippen molar-refractivity contribution in [3.8, 4) is 5.75 Å². The molecule has 1 saturated carbocycles. The molecule has 4 aromatic rings. The van der Waals surface area contributed by atoms with E-state index >= 15 is 0 Å². The van der Waals surface area contributed by atoms with Crippen molar-refractivity contribution in [3.63, 3.8) is 0 Å². The van der Waals surface area contributed by atoms with Crippen LogP contribution in [0, 0.1) is 11.8 Å². The molecular weight excluding hydrogens is 580 g/mol. The minimum absolute atomic E-state index is 0.0231. The Kier molecular flexibility index (Phi) is 9.19. The predicted octanol–water partition coefficient (Wildman–Crippen LogP) is 8.55. The second-order valence-electron chi connectivity index (χ2n) is 12.8. The molecule has 226 valence electrons. The Morgan fingerprint density at radius 3 is 2.07 bits per heavy atom. The molecule has 1 aliphatic heterocycles. The van der Waals surface area contributed by atoms with Crippen molar-refractivity contribution in [1.29, 1.82) is 0 Å². The van der Waals surface area contributed by atoms with Gasteiger partial charge in [-0.25, -0.2) is 0 Å². The van der Waals surface area contributed by atoms with E-state index in [2.05, 4.69) is 145 Å². The normalized spacial score (nSPS) is 23.7. The van der Waals surface area contributed by atoms with Gasteiger partial charge in [-0.1, -0.05) is 0 Å². The molecular formula is C39H42CrN2O2. The minimum atomic E-state index is -0.158. The van der Waals surface area contributed by atoms with Crippen LogP contribution >= 0.6 is 0 Å². The van der Waals surface area contributed by atoms with Crippen molar-refractivity contribution in [2.45, 2.75) is 63.5 Å². The van der Waals surface area contributed by atoms with Crippen LogP contribution in [0.4, 0.5) is 5.69 Å². The zero-order valence-electron chi connectivity index (χ0n) is 26.1. The van der Waals surface area contributed by atoms with Crippen molar-refractivity contribution in [3.05, 3.63) is 132 Å². The van der Waals surface area contributed by atoms with E-state index in [0.717, 1.165) is 40.1 Å². The fourth-order valence-electron chi connectivity index (χ4n) is 7.15. The zero-order valence-corrected chi connectivity index (χ0v) is 27.4. The van der Waals surface area contributed by atoms with Gasteiger partial charge in [0.05, 0.1) is 0 Å². The fourth-order valence-corrected chi connectivity index (χ4v) is 7.71. The number of hydrogen-bond acceptors (Lipinski definition) is 4. The second kappa shape index (κ2) is 13.2. The van der Waals surface area contributed by atoms with Crippen molar-refractivity contribution < 1.29 is 25.3 Å². The zero-order chi connectivity index (χ0) is 30.7. The molecule has 0 amide bonds. The van der Waals surface area contributed by atoms with Crippen molar-refractivity contribution in [2.24, 2.45) is 16.9 Å². The third-order valence-corrected chi connectivity index (χ3v) is 10.2. The number of para-hydroxylation sites is 1. The van der Waals surface area contributed by atoms with Gasteiger partial charge in [-0.15, -0.1) is 0 Å². The summed E-state index contributed by atoms with van der Waals surface area (Å²) in [5, 5.41) is 7.52. The number of anilines is 1. The third-order valence-electron chi connectivity index (χ3n) is 9.66. The summed E-state index contributed by atoms with van der Waals surface area (Å²) in [6, 6.07) is 40.2. The summed E-state index contributed by atoms with van der Waals surface area (Å²) in [5.41, 5.74) is 5.68. The Hall–Kier alpha value is -3.49. The van der Waals surface area contributed by atoms with Crippen LogP contribution in [-0.2, 0) is 26.0 Å². The summed E-state index contributed by atoms with van der Waals surface area (Å²) >= 11 is 3.44. The van der Waals surface area contributed by atoms with Gasteiger partial charge in [-0.05, 0) is 0 Å². The first kappa shape index (κ1) is 30.5. The topological polar surface area (TPSA) is 34.1 Å². The average molecular weight is 623 g/mol. The molecule has 1 aliphatic carbocycles. The maximum atomic E-state index is 7.22. The monoisotopic (exact) mass is 622 g/mol. The molecule has 0 aromatic heterocycles. The summed E-state index contributed by atoms with van der Waals surface area (Å²) in [4.78, 5) is 0. The van der Waals surface area contributed by atoms with Crippen LogP contribution in [0.25, 0.3) is 0 Å². The molecule has 2 aliphatic rings. The maximum absolute atomic E-state index is 7.22. The quantitative estimate of drug-likeness (QED) is 0.188. The molecule has 4 nitrogen and oxygen atoms in total. The molecule has 1 heterocycles. The predicted molar refractivity (Wildman–Crippen MR) is 177 cm³/mol. The summed E-state index contributed by atoms with van der Waals surface area (Å²) in [5.74, 6) is 1.79. The van der Waals surface area contributed by atoms with Crippen LogP contribution in [0.15, 0.2) is 120 Å². The average Bonchev–Trinajstić information content (AvgIpc) is 3.47. The van der Waals surface area contributed by atoms with E-state index in [1.807, 2.05) is 12.1 Å². The standard InChI is InChI=1S/C39H42N2O2.Cr/c1-28-20-25-34(39(2,3)31-16-10-6-11-17-31)36(26-28)43-27-35-37(29-14-8-5-9-15-29)38(30-21-23-33(42-4)24-22-30)40-41(35)32-18-12-7-13-19-32;/h5-19,21-24,28,34-37H,20,25-26H2,1-4H3;/t28-,34-,35-,36-,37-;/m1./s1. The van der Waals surface area contributed by atoms with Crippen LogP contribution in [0.1, 0.15) is 62.6 Å². The Bertz CT molecular complexity index is 1570. The number of methoxy groups -OCH3 is 1. The van der Waals surface area contributed by atoms with Crippen LogP contribution in [0.2, 0.25) is 0 Å². The van der Waals surface area contributed by atoms with E-state index in [1.165, 1.54) is 17.5 Å². The van der Waals surface area contributed by atoms with Crippen molar-refractivity contribution in [2.75, 3.05) is 12.1 Å². The Morgan fingerprint density at radius 2 is 1.43 bits per heavy atom. The Morgan fingerprint density at radius 1 is 0.818 bits per heavy atom. The van der Waals surface area contributed by atoms with E-state index in [4.69, 9.17) is 14.6 Å². The van der Waals surface area contributed by atoms with E-state index in [1.54, 1.807) is 7.11 Å². The van der Waals surface area contributed by atoms with Gasteiger partial charge in [0.1, 0.15) is 0 Å². The summed E-state index contributed by atoms with van der Waals surface area (Å²) < 4.78 is 13.6. The van der Waals surface area contributed by atoms with E-state index < -0.39 is 0 Å². The van der Waals surface area contributed by atoms with Crippen LogP contribution < -0.4 is 9.75 Å². The number of benzene rings is 4. The summed E-state index contributed by atoms with van der Waals surface area (Å²) in [7, 11) is 1.70. The summed E-state index contributed by atoms with van der Waals surface area (Å²) in [6.07, 6.45) is 3.49.